The van der Waals surface area contributed by atoms with Gasteiger partial charge in [0.1, 0.15) is 17.2 Å². The van der Waals surface area contributed by atoms with Crippen LogP contribution in [0.1, 0.15) is 47.1 Å². The van der Waals surface area contributed by atoms with Crippen LogP contribution in [0.5, 0.6) is 0 Å². The summed E-state index contributed by atoms with van der Waals surface area (Å²) in [5.41, 5.74) is 0.296. The fraction of sp³-hybridized carbons (Fsp3) is 0.250. The minimum absolute atomic E-state index is 0.0823. The summed E-state index contributed by atoms with van der Waals surface area (Å²) in [4.78, 5) is 35.5. The predicted octanol–water partition coefficient (Wildman–Crippen LogP) is 3.38. The van der Waals surface area contributed by atoms with Gasteiger partial charge in [-0.2, -0.15) is 0 Å². The Morgan fingerprint density at radius 1 is 0.963 bits per heavy atom. The predicted molar refractivity (Wildman–Crippen MR) is 94.3 cm³/mol. The Morgan fingerprint density at radius 3 is 2.04 bits per heavy atom. The topological polar surface area (TPSA) is 72.5 Å². The number of carbonyl (C=O) groups is 3. The molecule has 0 saturated carbocycles. The van der Waals surface area contributed by atoms with E-state index in [1.54, 1.807) is 24.3 Å². The summed E-state index contributed by atoms with van der Waals surface area (Å²) in [7, 11) is 0. The summed E-state index contributed by atoms with van der Waals surface area (Å²) in [6, 6.07) is 9.58. The molecule has 7 heteroatoms. The normalized spacial score (nSPS) is 11.0. The lowest BCUT2D eigenvalue weighted by atomic mass is 9.87. The molecule has 2 aromatic carbocycles. The van der Waals surface area contributed by atoms with Crippen LogP contribution in [0.3, 0.4) is 0 Å². The van der Waals surface area contributed by atoms with Crippen LogP contribution in [-0.4, -0.2) is 24.4 Å². The molecule has 142 valence electrons. The monoisotopic (exact) mass is 375 g/mol. The van der Waals surface area contributed by atoms with Crippen molar-refractivity contribution in [3.63, 3.8) is 0 Å². The third-order valence-electron chi connectivity index (χ3n) is 3.77. The van der Waals surface area contributed by atoms with Crippen LogP contribution in [0.2, 0.25) is 0 Å². The van der Waals surface area contributed by atoms with Crippen LogP contribution in [0.25, 0.3) is 0 Å². The van der Waals surface area contributed by atoms with E-state index in [0.717, 1.165) is 23.8 Å². The van der Waals surface area contributed by atoms with Gasteiger partial charge in [0.2, 0.25) is 0 Å². The van der Waals surface area contributed by atoms with E-state index in [1.807, 2.05) is 26.1 Å². The Hall–Kier alpha value is -3.09. The van der Waals surface area contributed by atoms with Crippen molar-refractivity contribution in [2.75, 3.05) is 6.61 Å². The van der Waals surface area contributed by atoms with Gasteiger partial charge < -0.3 is 4.74 Å². The average Bonchev–Trinajstić information content (AvgIpc) is 2.59. The summed E-state index contributed by atoms with van der Waals surface area (Å²) in [5, 5.41) is 2.05. The quantitative estimate of drug-likeness (QED) is 0.832. The number of hydrogen-bond acceptors (Lipinski definition) is 4. The molecule has 0 spiro atoms. The lowest BCUT2D eigenvalue weighted by molar-refractivity contribution is -0.123. The smallest absolute Gasteiger partial charge is 0.344 e. The van der Waals surface area contributed by atoms with Crippen LogP contribution in [0.4, 0.5) is 8.78 Å². The van der Waals surface area contributed by atoms with Crippen molar-refractivity contribution in [3.05, 3.63) is 70.8 Å². The van der Waals surface area contributed by atoms with E-state index in [9.17, 15) is 23.2 Å². The molecule has 1 N–H and O–H groups in total. The molecule has 0 unspecified atom stereocenters. The van der Waals surface area contributed by atoms with Gasteiger partial charge in [0.25, 0.3) is 11.8 Å². The van der Waals surface area contributed by atoms with Crippen LogP contribution >= 0.6 is 0 Å². The molecule has 2 rings (SSSR count). The molecule has 0 aromatic heterocycles. The number of carbonyl (C=O) groups excluding carboxylic acids is 3. The number of esters is 1. The molecule has 0 aliphatic carbocycles. The number of halogens is 2. The van der Waals surface area contributed by atoms with Crippen molar-refractivity contribution in [1.82, 2.24) is 5.32 Å². The van der Waals surface area contributed by atoms with E-state index in [-0.39, 0.29) is 11.0 Å². The minimum Gasteiger partial charge on any atom is -0.452 e. The standard InChI is InChI=1S/C20H19F2NO4/c1-20(2,3)13-9-7-12(8-10-13)18(25)23-16(24)11-27-19(26)17-14(21)5-4-6-15(17)22/h4-10H,11H2,1-3H3,(H,23,24,25). The minimum atomic E-state index is -1.33. The first-order valence-electron chi connectivity index (χ1n) is 8.15. The molecule has 0 bridgehead atoms. The highest BCUT2D eigenvalue weighted by molar-refractivity contribution is 6.05. The molecule has 0 heterocycles. The van der Waals surface area contributed by atoms with Crippen molar-refractivity contribution in [2.45, 2.75) is 26.2 Å². The van der Waals surface area contributed by atoms with E-state index < -0.39 is 41.6 Å². The summed E-state index contributed by atoms with van der Waals surface area (Å²) in [5.74, 6) is -5.12. The van der Waals surface area contributed by atoms with Crippen molar-refractivity contribution in [1.29, 1.82) is 0 Å². The van der Waals surface area contributed by atoms with E-state index >= 15 is 0 Å². The molecule has 0 aliphatic rings. The molecule has 0 aliphatic heterocycles. The highest BCUT2D eigenvalue weighted by Crippen LogP contribution is 2.22. The largest absolute Gasteiger partial charge is 0.452 e. The maximum absolute atomic E-state index is 13.5. The zero-order valence-electron chi connectivity index (χ0n) is 15.1. The fourth-order valence-corrected chi connectivity index (χ4v) is 2.25. The van der Waals surface area contributed by atoms with E-state index in [2.05, 4.69) is 4.74 Å². The van der Waals surface area contributed by atoms with E-state index in [0.29, 0.717) is 0 Å². The number of ether oxygens (including phenoxy) is 1. The third-order valence-corrected chi connectivity index (χ3v) is 3.77. The van der Waals surface area contributed by atoms with Gasteiger partial charge in [-0.3, -0.25) is 14.9 Å². The number of rotatable bonds is 4. The Balaban J connectivity index is 1.93. The lowest BCUT2D eigenvalue weighted by Crippen LogP contribution is -2.34. The second-order valence-electron chi connectivity index (χ2n) is 6.88. The highest BCUT2D eigenvalue weighted by atomic mass is 19.1. The van der Waals surface area contributed by atoms with Gasteiger partial charge >= 0.3 is 5.97 Å². The van der Waals surface area contributed by atoms with Crippen molar-refractivity contribution in [3.8, 4) is 0 Å². The summed E-state index contributed by atoms with van der Waals surface area (Å²) >= 11 is 0. The molecule has 0 fully saturated rings. The Bertz CT molecular complexity index is 850. The lowest BCUT2D eigenvalue weighted by Gasteiger charge is -2.19. The van der Waals surface area contributed by atoms with Gasteiger partial charge in [-0.15, -0.1) is 0 Å². The SMILES string of the molecule is CC(C)(C)c1ccc(C(=O)NC(=O)COC(=O)c2c(F)cccc2F)cc1. The first-order chi connectivity index (χ1) is 12.6. The Morgan fingerprint density at radius 2 is 1.52 bits per heavy atom. The molecule has 0 atom stereocenters. The number of benzene rings is 2. The zero-order chi connectivity index (χ0) is 20.2. The number of nitrogens with one attached hydrogen (secondary N) is 1. The second kappa shape index (κ2) is 8.07. The van der Waals surface area contributed by atoms with Crippen molar-refractivity contribution in [2.24, 2.45) is 0 Å². The zero-order valence-corrected chi connectivity index (χ0v) is 15.1. The van der Waals surface area contributed by atoms with Crippen LogP contribution in [0.15, 0.2) is 42.5 Å². The average molecular weight is 375 g/mol. The van der Waals surface area contributed by atoms with Gasteiger partial charge in [-0.25, -0.2) is 13.6 Å². The van der Waals surface area contributed by atoms with Crippen molar-refractivity contribution < 1.29 is 27.9 Å². The number of imide groups is 1. The maximum Gasteiger partial charge on any atom is 0.344 e. The molecule has 0 saturated heterocycles. The third kappa shape index (κ3) is 5.20. The molecule has 0 radical (unpaired) electrons. The van der Waals surface area contributed by atoms with Gasteiger partial charge in [0, 0.05) is 5.56 Å². The fourth-order valence-electron chi connectivity index (χ4n) is 2.25. The Labute approximate surface area is 155 Å². The van der Waals surface area contributed by atoms with Gasteiger partial charge in [-0.1, -0.05) is 39.0 Å². The molecular formula is C20H19F2NO4. The highest BCUT2D eigenvalue weighted by Gasteiger charge is 2.20. The first kappa shape index (κ1) is 20.2. The summed E-state index contributed by atoms with van der Waals surface area (Å²) in [6.07, 6.45) is 0. The van der Waals surface area contributed by atoms with E-state index in [1.165, 1.54) is 0 Å². The summed E-state index contributed by atoms with van der Waals surface area (Å²) < 4.78 is 31.5. The molecule has 2 aromatic rings. The molecule has 2 amide bonds. The van der Waals surface area contributed by atoms with Crippen LogP contribution < -0.4 is 5.32 Å². The van der Waals surface area contributed by atoms with Gasteiger partial charge in [-0.05, 0) is 35.2 Å². The van der Waals surface area contributed by atoms with Crippen LogP contribution in [0, 0.1) is 11.6 Å². The number of amides is 2. The van der Waals surface area contributed by atoms with E-state index in [4.69, 9.17) is 0 Å². The summed E-state index contributed by atoms with van der Waals surface area (Å²) in [6.45, 7) is 5.23. The maximum atomic E-state index is 13.5. The first-order valence-corrected chi connectivity index (χ1v) is 8.15. The second-order valence-corrected chi connectivity index (χ2v) is 6.88. The molecule has 27 heavy (non-hydrogen) atoms. The molecular weight excluding hydrogens is 356 g/mol. The van der Waals surface area contributed by atoms with Crippen LogP contribution in [-0.2, 0) is 14.9 Å². The van der Waals surface area contributed by atoms with Gasteiger partial charge in [0.15, 0.2) is 6.61 Å². The van der Waals surface area contributed by atoms with Crippen molar-refractivity contribution >= 4 is 17.8 Å². The van der Waals surface area contributed by atoms with Gasteiger partial charge in [0.05, 0.1) is 0 Å². The molecule has 5 nitrogen and oxygen atoms in total. The Kier molecular flexibility index (Phi) is 6.05. The number of hydrogen-bond donors (Lipinski definition) is 1.